The number of benzene rings is 1. The van der Waals surface area contributed by atoms with E-state index < -0.39 is 0 Å². The van der Waals surface area contributed by atoms with Crippen LogP contribution in [0.5, 0.6) is 0 Å². The number of thioether (sulfide) groups is 1. The van der Waals surface area contributed by atoms with Crippen LogP contribution in [0.3, 0.4) is 0 Å². The first-order valence-corrected chi connectivity index (χ1v) is 14.6. The largest absolute Gasteiger partial charge is 0.467 e. The number of aryl methyl sites for hydroxylation is 1. The van der Waals surface area contributed by atoms with Gasteiger partial charge in [0.25, 0.3) is 5.91 Å². The lowest BCUT2D eigenvalue weighted by Crippen LogP contribution is -2.32. The molecule has 2 fully saturated rings. The van der Waals surface area contributed by atoms with E-state index in [-0.39, 0.29) is 18.2 Å². The third-order valence-corrected chi connectivity index (χ3v) is 8.34. The van der Waals surface area contributed by atoms with Crippen molar-refractivity contribution in [3.8, 4) is 0 Å². The van der Waals surface area contributed by atoms with Crippen LogP contribution in [0.1, 0.15) is 54.8 Å². The zero-order valence-corrected chi connectivity index (χ0v) is 23.8. The minimum atomic E-state index is -0.105. The summed E-state index contributed by atoms with van der Waals surface area (Å²) in [5.41, 5.74) is 2.13. The Labute approximate surface area is 238 Å². The van der Waals surface area contributed by atoms with Gasteiger partial charge in [-0.05, 0) is 62.4 Å². The highest BCUT2D eigenvalue weighted by atomic mass is 32.2. The molecule has 9 heteroatoms. The highest BCUT2D eigenvalue weighted by Gasteiger charge is 2.32. The number of amides is 2. The van der Waals surface area contributed by atoms with Crippen molar-refractivity contribution < 1.29 is 18.4 Å². The normalized spacial score (nSPS) is 16.9. The van der Waals surface area contributed by atoms with Crippen molar-refractivity contribution in [3.05, 3.63) is 82.3 Å². The van der Waals surface area contributed by atoms with E-state index in [0.717, 1.165) is 30.3 Å². The summed E-state index contributed by atoms with van der Waals surface area (Å²) in [4.78, 5) is 32.6. The summed E-state index contributed by atoms with van der Waals surface area (Å²) >= 11 is 6.79. The second kappa shape index (κ2) is 12.7. The van der Waals surface area contributed by atoms with Gasteiger partial charge in [-0.2, -0.15) is 0 Å². The topological polar surface area (TPSA) is 70.1 Å². The van der Waals surface area contributed by atoms with Crippen molar-refractivity contribution in [3.63, 3.8) is 0 Å². The highest BCUT2D eigenvalue weighted by molar-refractivity contribution is 8.26. The summed E-state index contributed by atoms with van der Waals surface area (Å²) in [6.07, 6.45) is 7.87. The molecule has 0 unspecified atom stereocenters. The van der Waals surface area contributed by atoms with E-state index >= 15 is 0 Å². The van der Waals surface area contributed by atoms with E-state index in [1.54, 1.807) is 16.1 Å². The molecule has 0 atom stereocenters. The van der Waals surface area contributed by atoms with Crippen LogP contribution in [0, 0.1) is 6.92 Å². The quantitative estimate of drug-likeness (QED) is 0.209. The molecule has 0 aliphatic carbocycles. The molecule has 0 N–H and O–H groups in total. The molecule has 0 bridgehead atoms. The molecule has 0 radical (unpaired) electrons. The number of nitrogens with zero attached hydrogens (tertiary/aromatic N) is 3. The van der Waals surface area contributed by atoms with Crippen LogP contribution in [0.25, 0.3) is 6.08 Å². The van der Waals surface area contributed by atoms with E-state index in [2.05, 4.69) is 4.90 Å². The van der Waals surface area contributed by atoms with Crippen LogP contribution in [0.2, 0.25) is 0 Å². The molecule has 2 aliphatic heterocycles. The Hall–Kier alpha value is -3.30. The number of hydrogen-bond acceptors (Lipinski definition) is 7. The molecular formula is C30H33N3O4S2. The molecule has 0 saturated carbocycles. The maximum Gasteiger partial charge on any atom is 0.266 e. The van der Waals surface area contributed by atoms with Gasteiger partial charge in [0.2, 0.25) is 5.91 Å². The number of carbonyl (C=O) groups excluding carboxylic acids is 2. The lowest BCUT2D eigenvalue weighted by Gasteiger charge is -2.26. The van der Waals surface area contributed by atoms with Crippen molar-refractivity contribution in [2.75, 3.05) is 24.5 Å². The Kier molecular flexibility index (Phi) is 8.88. The Morgan fingerprint density at radius 1 is 1.05 bits per heavy atom. The smallest absolute Gasteiger partial charge is 0.266 e. The number of piperidine rings is 1. The van der Waals surface area contributed by atoms with Crippen LogP contribution in [0.4, 0.5) is 5.88 Å². The molecule has 1 aromatic carbocycles. The van der Waals surface area contributed by atoms with Gasteiger partial charge in [0.15, 0.2) is 5.88 Å². The average Bonchev–Trinajstić information content (AvgIpc) is 3.69. The number of furan rings is 2. The number of anilines is 1. The van der Waals surface area contributed by atoms with Gasteiger partial charge in [-0.15, -0.1) is 0 Å². The van der Waals surface area contributed by atoms with E-state index in [1.165, 1.54) is 36.6 Å². The van der Waals surface area contributed by atoms with Crippen LogP contribution < -0.4 is 4.90 Å². The zero-order valence-electron chi connectivity index (χ0n) is 22.1. The Balaban J connectivity index is 1.19. The number of thiocarbonyl (C=S) groups is 1. The predicted molar refractivity (Wildman–Crippen MR) is 158 cm³/mol. The lowest BCUT2D eigenvalue weighted by atomic mass is 10.1. The second-order valence-electron chi connectivity index (χ2n) is 9.96. The molecule has 39 heavy (non-hydrogen) atoms. The molecule has 204 valence electrons. The van der Waals surface area contributed by atoms with Gasteiger partial charge in [0.1, 0.15) is 15.8 Å². The number of hydrogen-bond donors (Lipinski definition) is 0. The maximum atomic E-state index is 13.3. The fraction of sp³-hybridized carbons (Fsp3) is 0.367. The molecule has 2 aromatic heterocycles. The summed E-state index contributed by atoms with van der Waals surface area (Å²) in [6.45, 7) is 5.14. The molecule has 5 rings (SSSR count). The fourth-order valence-electron chi connectivity index (χ4n) is 4.80. The molecule has 2 saturated heterocycles. The van der Waals surface area contributed by atoms with Gasteiger partial charge in [-0.1, -0.05) is 53.8 Å². The molecule has 3 aromatic rings. The summed E-state index contributed by atoms with van der Waals surface area (Å²) in [7, 11) is 0. The third-order valence-electron chi connectivity index (χ3n) is 6.96. The molecule has 0 spiro atoms. The van der Waals surface area contributed by atoms with E-state index in [9.17, 15) is 9.59 Å². The number of rotatable bonds is 10. The summed E-state index contributed by atoms with van der Waals surface area (Å²) in [5, 5.41) is 0. The predicted octanol–water partition coefficient (Wildman–Crippen LogP) is 6.38. The molecule has 4 heterocycles. The van der Waals surface area contributed by atoms with Gasteiger partial charge < -0.3 is 18.6 Å². The Morgan fingerprint density at radius 2 is 1.82 bits per heavy atom. The minimum absolute atomic E-state index is 0.0250. The summed E-state index contributed by atoms with van der Waals surface area (Å²) in [5.74, 6) is 2.19. The lowest BCUT2D eigenvalue weighted by molar-refractivity contribution is -0.133. The van der Waals surface area contributed by atoms with Crippen molar-refractivity contribution >= 4 is 52.1 Å². The standard InChI is InChI=1S/C30H33N3O4S2/c1-22-9-11-23(12-10-22)19-26-29(35)33(30(38)39-26)17-5-8-27(34)32(20-24-7-6-18-36-24)21-25-13-14-28(37-25)31-15-3-2-4-16-31/h6-7,9-14,18-19H,2-5,8,15-17,20-21H2,1H3/b26-19-. The first-order chi connectivity index (χ1) is 19.0. The zero-order chi connectivity index (χ0) is 27.2. The Bertz CT molecular complexity index is 1320. The van der Waals surface area contributed by atoms with Crippen molar-refractivity contribution in [2.24, 2.45) is 0 Å². The summed E-state index contributed by atoms with van der Waals surface area (Å²) in [6, 6.07) is 15.6. The average molecular weight is 564 g/mol. The van der Waals surface area contributed by atoms with Crippen molar-refractivity contribution in [1.82, 2.24) is 9.80 Å². The fourth-order valence-corrected chi connectivity index (χ4v) is 6.11. The molecular weight excluding hydrogens is 530 g/mol. The van der Waals surface area contributed by atoms with Crippen LogP contribution in [-0.2, 0) is 22.7 Å². The van der Waals surface area contributed by atoms with Crippen molar-refractivity contribution in [1.29, 1.82) is 0 Å². The van der Waals surface area contributed by atoms with E-state index in [0.29, 0.717) is 41.0 Å². The van der Waals surface area contributed by atoms with E-state index in [4.69, 9.17) is 21.1 Å². The molecule has 2 amide bonds. The first-order valence-electron chi connectivity index (χ1n) is 13.4. The van der Waals surface area contributed by atoms with Crippen LogP contribution >= 0.6 is 24.0 Å². The van der Waals surface area contributed by atoms with Crippen LogP contribution in [-0.4, -0.2) is 45.6 Å². The minimum Gasteiger partial charge on any atom is -0.467 e. The number of carbonyl (C=O) groups is 2. The van der Waals surface area contributed by atoms with Gasteiger partial charge >= 0.3 is 0 Å². The van der Waals surface area contributed by atoms with Gasteiger partial charge in [-0.25, -0.2) is 0 Å². The Morgan fingerprint density at radius 3 is 2.56 bits per heavy atom. The SMILES string of the molecule is Cc1ccc(/C=C2\SC(=S)N(CCCC(=O)N(Cc3ccco3)Cc3ccc(N4CCCCC4)o3)C2=O)cc1. The monoisotopic (exact) mass is 563 g/mol. The van der Waals surface area contributed by atoms with Crippen molar-refractivity contribution in [2.45, 2.75) is 52.1 Å². The van der Waals surface area contributed by atoms with Gasteiger partial charge in [-0.3, -0.25) is 14.5 Å². The van der Waals surface area contributed by atoms with Crippen LogP contribution in [0.15, 0.2) is 68.5 Å². The maximum absolute atomic E-state index is 13.3. The molecule has 2 aliphatic rings. The van der Waals surface area contributed by atoms with Gasteiger partial charge in [0.05, 0.1) is 24.3 Å². The second-order valence-corrected chi connectivity index (χ2v) is 11.6. The van der Waals surface area contributed by atoms with Gasteiger partial charge in [0, 0.05) is 32.1 Å². The van der Waals surface area contributed by atoms with E-state index in [1.807, 2.05) is 61.5 Å². The highest BCUT2D eigenvalue weighted by Crippen LogP contribution is 2.33. The first kappa shape index (κ1) is 27.3. The third kappa shape index (κ3) is 7.02. The summed E-state index contributed by atoms with van der Waals surface area (Å²) < 4.78 is 12.2. The molecule has 7 nitrogen and oxygen atoms in total.